The van der Waals surface area contributed by atoms with Crippen molar-refractivity contribution in [3.63, 3.8) is 0 Å². The van der Waals surface area contributed by atoms with Crippen molar-refractivity contribution in [2.24, 2.45) is 0 Å². The molecule has 2 aromatic rings. The van der Waals surface area contributed by atoms with E-state index >= 15 is 0 Å². The second kappa shape index (κ2) is 7.99. The van der Waals surface area contributed by atoms with Crippen LogP contribution in [0.15, 0.2) is 43.0 Å². The zero-order valence-electron chi connectivity index (χ0n) is 13.4. The summed E-state index contributed by atoms with van der Waals surface area (Å²) in [6.45, 7) is 7.62. The van der Waals surface area contributed by atoms with Gasteiger partial charge < -0.3 is 9.88 Å². The molecule has 21 heavy (non-hydrogen) atoms. The average molecular weight is 285 g/mol. The molecule has 0 saturated heterocycles. The predicted octanol–water partition coefficient (Wildman–Crippen LogP) is 3.97. The summed E-state index contributed by atoms with van der Waals surface area (Å²) in [5, 5.41) is 3.65. The van der Waals surface area contributed by atoms with Gasteiger partial charge in [0.1, 0.15) is 0 Å². The summed E-state index contributed by atoms with van der Waals surface area (Å²) in [6.07, 6.45) is 9.41. The zero-order chi connectivity index (χ0) is 15.1. The van der Waals surface area contributed by atoms with Crippen LogP contribution in [0, 0.1) is 0 Å². The summed E-state index contributed by atoms with van der Waals surface area (Å²) in [6, 6.07) is 9.82. The van der Waals surface area contributed by atoms with Crippen LogP contribution in [0.25, 0.3) is 0 Å². The highest BCUT2D eigenvalue weighted by Crippen LogP contribution is 2.15. The van der Waals surface area contributed by atoms with Crippen molar-refractivity contribution in [3.8, 4) is 0 Å². The highest BCUT2D eigenvalue weighted by atomic mass is 15.1. The van der Waals surface area contributed by atoms with Gasteiger partial charge >= 0.3 is 0 Å². The third-order valence-electron chi connectivity index (χ3n) is 3.88. The maximum Gasteiger partial charge on any atom is 0.0946 e. The summed E-state index contributed by atoms with van der Waals surface area (Å²) in [5.74, 6) is 0. The standard InChI is InChI=1S/C18H27N3/c1-4-5-6-17-7-9-18(10-8-17)16(3)20-15(2)13-21-12-11-19-14-21/h7-12,14-16,20H,4-6,13H2,1-3H3. The molecule has 1 N–H and O–H groups in total. The molecule has 0 aliphatic heterocycles. The number of hydrogen-bond donors (Lipinski definition) is 1. The normalized spacial score (nSPS) is 14.0. The van der Waals surface area contributed by atoms with E-state index in [1.165, 1.54) is 30.4 Å². The van der Waals surface area contributed by atoms with Crippen molar-refractivity contribution in [3.05, 3.63) is 54.1 Å². The third-order valence-corrected chi connectivity index (χ3v) is 3.88. The van der Waals surface area contributed by atoms with Crippen molar-refractivity contribution in [2.75, 3.05) is 0 Å². The molecule has 0 amide bonds. The molecule has 1 aromatic carbocycles. The van der Waals surface area contributed by atoms with Gasteiger partial charge in [-0.15, -0.1) is 0 Å². The fourth-order valence-electron chi connectivity index (χ4n) is 2.64. The van der Waals surface area contributed by atoms with E-state index in [0.717, 1.165) is 6.54 Å². The third kappa shape index (κ3) is 5.01. The van der Waals surface area contributed by atoms with E-state index in [2.05, 4.69) is 59.9 Å². The van der Waals surface area contributed by atoms with Gasteiger partial charge in [0.25, 0.3) is 0 Å². The van der Waals surface area contributed by atoms with E-state index in [4.69, 9.17) is 0 Å². The summed E-state index contributed by atoms with van der Waals surface area (Å²) in [7, 11) is 0. The number of rotatable bonds is 8. The minimum Gasteiger partial charge on any atom is -0.336 e. The summed E-state index contributed by atoms with van der Waals surface area (Å²) < 4.78 is 2.11. The van der Waals surface area contributed by atoms with Gasteiger partial charge in [0.15, 0.2) is 0 Å². The largest absolute Gasteiger partial charge is 0.336 e. The van der Waals surface area contributed by atoms with Gasteiger partial charge in [-0.2, -0.15) is 0 Å². The van der Waals surface area contributed by atoms with E-state index in [1.54, 1.807) is 0 Å². The van der Waals surface area contributed by atoms with Crippen molar-refractivity contribution in [1.82, 2.24) is 14.9 Å². The van der Waals surface area contributed by atoms with Crippen LogP contribution in [-0.2, 0) is 13.0 Å². The monoisotopic (exact) mass is 285 g/mol. The molecule has 0 aliphatic carbocycles. The first kappa shape index (κ1) is 15.8. The Bertz CT molecular complexity index is 502. The molecule has 2 atom stereocenters. The Morgan fingerprint density at radius 2 is 1.95 bits per heavy atom. The predicted molar refractivity (Wildman–Crippen MR) is 88.3 cm³/mol. The number of benzene rings is 1. The quantitative estimate of drug-likeness (QED) is 0.795. The molecule has 114 valence electrons. The van der Waals surface area contributed by atoms with Gasteiger partial charge in [0.05, 0.1) is 6.33 Å². The van der Waals surface area contributed by atoms with E-state index in [9.17, 15) is 0 Å². The molecule has 0 aliphatic rings. The van der Waals surface area contributed by atoms with Gasteiger partial charge in [-0.05, 0) is 37.8 Å². The zero-order valence-corrected chi connectivity index (χ0v) is 13.4. The maximum absolute atomic E-state index is 4.08. The Labute approximate surface area is 128 Å². The maximum atomic E-state index is 4.08. The first-order chi connectivity index (χ1) is 10.2. The van der Waals surface area contributed by atoms with E-state index in [1.807, 2.05) is 18.7 Å². The highest BCUT2D eigenvalue weighted by Gasteiger charge is 2.09. The Kier molecular flexibility index (Phi) is 6.00. The number of nitrogens with one attached hydrogen (secondary N) is 1. The van der Waals surface area contributed by atoms with Crippen LogP contribution >= 0.6 is 0 Å². The number of aromatic nitrogens is 2. The molecule has 2 rings (SSSR count). The smallest absolute Gasteiger partial charge is 0.0946 e. The van der Waals surface area contributed by atoms with Gasteiger partial charge in [-0.3, -0.25) is 0 Å². The first-order valence-electron chi connectivity index (χ1n) is 7.99. The van der Waals surface area contributed by atoms with Crippen LogP contribution in [0.2, 0.25) is 0 Å². The molecule has 3 heteroatoms. The summed E-state index contributed by atoms with van der Waals surface area (Å²) in [4.78, 5) is 4.08. The number of imidazole rings is 1. The summed E-state index contributed by atoms with van der Waals surface area (Å²) >= 11 is 0. The van der Waals surface area contributed by atoms with E-state index in [0.29, 0.717) is 12.1 Å². The molecule has 0 spiro atoms. The molecular formula is C18H27N3. The Morgan fingerprint density at radius 3 is 2.57 bits per heavy atom. The molecule has 0 fully saturated rings. The molecule has 0 bridgehead atoms. The van der Waals surface area contributed by atoms with Crippen molar-refractivity contribution < 1.29 is 0 Å². The number of unbranched alkanes of at least 4 members (excludes halogenated alkanes) is 1. The van der Waals surface area contributed by atoms with Crippen LogP contribution < -0.4 is 5.32 Å². The average Bonchev–Trinajstić information content (AvgIpc) is 2.98. The second-order valence-corrected chi connectivity index (χ2v) is 5.89. The Balaban J connectivity index is 1.85. The van der Waals surface area contributed by atoms with Gasteiger partial charge in [-0.1, -0.05) is 37.6 Å². The Hall–Kier alpha value is -1.61. The van der Waals surface area contributed by atoms with Crippen molar-refractivity contribution >= 4 is 0 Å². The molecule has 1 heterocycles. The lowest BCUT2D eigenvalue weighted by molar-refractivity contribution is 0.430. The lowest BCUT2D eigenvalue weighted by Crippen LogP contribution is -2.32. The molecular weight excluding hydrogens is 258 g/mol. The molecule has 3 nitrogen and oxygen atoms in total. The number of nitrogens with zero attached hydrogens (tertiary/aromatic N) is 2. The van der Waals surface area contributed by atoms with Gasteiger partial charge in [0.2, 0.25) is 0 Å². The van der Waals surface area contributed by atoms with Crippen LogP contribution in [0.5, 0.6) is 0 Å². The number of aryl methyl sites for hydroxylation is 1. The van der Waals surface area contributed by atoms with Crippen LogP contribution in [0.1, 0.15) is 50.8 Å². The summed E-state index contributed by atoms with van der Waals surface area (Å²) in [5.41, 5.74) is 2.80. The van der Waals surface area contributed by atoms with Gasteiger partial charge in [0, 0.05) is 31.0 Å². The van der Waals surface area contributed by atoms with Crippen molar-refractivity contribution in [1.29, 1.82) is 0 Å². The highest BCUT2D eigenvalue weighted by molar-refractivity contribution is 5.24. The Morgan fingerprint density at radius 1 is 1.19 bits per heavy atom. The van der Waals surface area contributed by atoms with E-state index in [-0.39, 0.29) is 0 Å². The second-order valence-electron chi connectivity index (χ2n) is 5.89. The topological polar surface area (TPSA) is 29.9 Å². The molecule has 0 radical (unpaired) electrons. The lowest BCUT2D eigenvalue weighted by atomic mass is 10.0. The fourth-order valence-corrected chi connectivity index (χ4v) is 2.64. The lowest BCUT2D eigenvalue weighted by Gasteiger charge is -2.21. The minimum absolute atomic E-state index is 0.365. The minimum atomic E-state index is 0.365. The van der Waals surface area contributed by atoms with Crippen LogP contribution in [0.3, 0.4) is 0 Å². The van der Waals surface area contributed by atoms with Gasteiger partial charge in [-0.25, -0.2) is 4.98 Å². The van der Waals surface area contributed by atoms with Crippen LogP contribution in [0.4, 0.5) is 0 Å². The number of hydrogen-bond acceptors (Lipinski definition) is 2. The molecule has 0 saturated carbocycles. The van der Waals surface area contributed by atoms with E-state index < -0.39 is 0 Å². The SMILES string of the molecule is CCCCc1ccc(C(C)NC(C)Cn2ccnc2)cc1. The first-order valence-corrected chi connectivity index (χ1v) is 7.99. The van der Waals surface area contributed by atoms with Crippen molar-refractivity contribution in [2.45, 2.75) is 58.7 Å². The fraction of sp³-hybridized carbons (Fsp3) is 0.500. The van der Waals surface area contributed by atoms with Crippen LogP contribution in [-0.4, -0.2) is 15.6 Å². The molecule has 2 unspecified atom stereocenters. The molecule has 1 aromatic heterocycles.